The molecule has 0 atom stereocenters. The molecule has 0 bridgehead atoms. The van der Waals surface area contributed by atoms with Crippen LogP contribution in [0.2, 0.25) is 0 Å². The summed E-state index contributed by atoms with van der Waals surface area (Å²) in [4.78, 5) is 37.9. The number of urea groups is 1. The molecule has 0 saturated carbocycles. The predicted molar refractivity (Wildman–Crippen MR) is 141 cm³/mol. The van der Waals surface area contributed by atoms with Crippen LogP contribution in [-0.4, -0.2) is 34.5 Å². The van der Waals surface area contributed by atoms with Crippen LogP contribution in [0.15, 0.2) is 70.8 Å². The summed E-state index contributed by atoms with van der Waals surface area (Å²) in [5.74, 6) is -0.556. The number of amides is 3. The van der Waals surface area contributed by atoms with Crippen molar-refractivity contribution in [1.82, 2.24) is 10.2 Å². The lowest BCUT2D eigenvalue weighted by molar-refractivity contribution is -0.123. The van der Waals surface area contributed by atoms with Gasteiger partial charge in [-0.3, -0.25) is 9.69 Å². The van der Waals surface area contributed by atoms with E-state index in [2.05, 4.69) is 21.2 Å². The molecule has 3 aromatic rings. The summed E-state index contributed by atoms with van der Waals surface area (Å²) in [5, 5.41) is 11.9. The number of benzene rings is 3. The van der Waals surface area contributed by atoms with Crippen molar-refractivity contribution in [3.8, 4) is 11.5 Å². The average Bonchev–Trinajstić information content (AvgIpc) is 3.11. The standard InChI is InChI=1S/C28H25BrN2O6/c1-3-36-24-14-20(12-22(29)25(24)37-16-19-8-5-9-21(11-19)27(33)34)13-23-26(32)31(28(35)30-23)15-18-7-4-6-17(2)10-18/h4-14H,3,15-16H2,1-2H3,(H,30,35)(H,33,34)/b23-13+. The summed E-state index contributed by atoms with van der Waals surface area (Å²) in [5.41, 5.74) is 3.55. The van der Waals surface area contributed by atoms with E-state index < -0.39 is 17.9 Å². The lowest BCUT2D eigenvalue weighted by atomic mass is 10.1. The lowest BCUT2D eigenvalue weighted by Gasteiger charge is -2.15. The highest BCUT2D eigenvalue weighted by atomic mass is 79.9. The molecule has 1 aliphatic rings. The molecular formula is C28H25BrN2O6. The number of carbonyl (C=O) groups is 3. The molecule has 3 aromatic carbocycles. The van der Waals surface area contributed by atoms with Gasteiger partial charge in [-0.1, -0.05) is 42.0 Å². The minimum Gasteiger partial charge on any atom is -0.490 e. The summed E-state index contributed by atoms with van der Waals surface area (Å²) in [6, 6.07) is 17.1. The highest BCUT2D eigenvalue weighted by molar-refractivity contribution is 9.10. The Morgan fingerprint density at radius 3 is 2.54 bits per heavy atom. The summed E-state index contributed by atoms with van der Waals surface area (Å²) >= 11 is 3.51. The van der Waals surface area contributed by atoms with Crippen LogP contribution >= 0.6 is 15.9 Å². The fraction of sp³-hybridized carbons (Fsp3) is 0.179. The molecule has 0 aliphatic carbocycles. The third-order valence-corrected chi connectivity index (χ3v) is 6.17. The van der Waals surface area contributed by atoms with Crippen molar-refractivity contribution >= 4 is 39.9 Å². The molecule has 0 aromatic heterocycles. The van der Waals surface area contributed by atoms with Crippen molar-refractivity contribution in [1.29, 1.82) is 0 Å². The highest BCUT2D eigenvalue weighted by Crippen LogP contribution is 2.38. The normalized spacial score (nSPS) is 14.1. The van der Waals surface area contributed by atoms with Gasteiger partial charge >= 0.3 is 12.0 Å². The number of nitrogens with zero attached hydrogens (tertiary/aromatic N) is 1. The van der Waals surface area contributed by atoms with Crippen molar-refractivity contribution < 1.29 is 29.0 Å². The van der Waals surface area contributed by atoms with E-state index in [1.807, 2.05) is 38.1 Å². The van der Waals surface area contributed by atoms with Crippen LogP contribution in [0.3, 0.4) is 0 Å². The number of carboxylic acid groups (broad SMARTS) is 1. The first-order valence-electron chi connectivity index (χ1n) is 11.6. The number of carbonyl (C=O) groups excluding carboxylic acids is 2. The SMILES string of the molecule is CCOc1cc(/C=C2/NC(=O)N(Cc3cccc(C)c3)C2=O)cc(Br)c1OCc1cccc(C(=O)O)c1. The first-order valence-corrected chi connectivity index (χ1v) is 12.4. The van der Waals surface area contributed by atoms with Crippen LogP contribution in [0.1, 0.15) is 39.5 Å². The zero-order valence-electron chi connectivity index (χ0n) is 20.3. The van der Waals surface area contributed by atoms with Crippen LogP contribution in [0.4, 0.5) is 4.79 Å². The lowest BCUT2D eigenvalue weighted by Crippen LogP contribution is -2.30. The summed E-state index contributed by atoms with van der Waals surface area (Å²) in [7, 11) is 0. The van der Waals surface area contributed by atoms with Crippen molar-refractivity contribution in [2.75, 3.05) is 6.61 Å². The zero-order chi connectivity index (χ0) is 26.5. The molecule has 0 radical (unpaired) electrons. The smallest absolute Gasteiger partial charge is 0.335 e. The quantitative estimate of drug-likeness (QED) is 0.261. The second kappa shape index (κ2) is 11.3. The molecule has 8 nitrogen and oxygen atoms in total. The molecule has 0 spiro atoms. The summed E-state index contributed by atoms with van der Waals surface area (Å²) in [6.07, 6.45) is 1.59. The van der Waals surface area contributed by atoms with Gasteiger partial charge in [-0.15, -0.1) is 0 Å². The van der Waals surface area contributed by atoms with E-state index in [0.717, 1.165) is 11.1 Å². The van der Waals surface area contributed by atoms with Crippen LogP contribution in [-0.2, 0) is 17.9 Å². The van der Waals surface area contributed by atoms with Crippen molar-refractivity contribution in [2.24, 2.45) is 0 Å². The predicted octanol–water partition coefficient (Wildman–Crippen LogP) is 5.53. The Labute approximate surface area is 222 Å². The van der Waals surface area contributed by atoms with Crippen molar-refractivity contribution in [3.63, 3.8) is 0 Å². The molecule has 2 N–H and O–H groups in total. The molecule has 3 amide bonds. The van der Waals surface area contributed by atoms with E-state index in [1.165, 1.54) is 11.0 Å². The number of rotatable bonds is 9. The number of carboxylic acids is 1. The largest absolute Gasteiger partial charge is 0.490 e. The van der Waals surface area contributed by atoms with Gasteiger partial charge in [0.1, 0.15) is 12.3 Å². The first kappa shape index (κ1) is 26.0. The van der Waals surface area contributed by atoms with Crippen LogP contribution < -0.4 is 14.8 Å². The van der Waals surface area contributed by atoms with E-state index in [0.29, 0.717) is 33.7 Å². The van der Waals surface area contributed by atoms with Crippen LogP contribution in [0.5, 0.6) is 11.5 Å². The maximum Gasteiger partial charge on any atom is 0.335 e. The Hall–Kier alpha value is -4.11. The van der Waals surface area contributed by atoms with Gasteiger partial charge in [0.05, 0.1) is 23.2 Å². The van der Waals surface area contributed by atoms with Crippen LogP contribution in [0, 0.1) is 6.92 Å². The number of imide groups is 1. The molecule has 1 fully saturated rings. The Bertz CT molecular complexity index is 1400. The fourth-order valence-corrected chi connectivity index (χ4v) is 4.47. The minimum atomic E-state index is -1.01. The minimum absolute atomic E-state index is 0.128. The van der Waals surface area contributed by atoms with Gasteiger partial charge in [-0.2, -0.15) is 0 Å². The number of hydrogen-bond acceptors (Lipinski definition) is 5. The van der Waals surface area contributed by atoms with E-state index in [1.54, 1.807) is 36.4 Å². The van der Waals surface area contributed by atoms with Crippen molar-refractivity contribution in [3.05, 3.63) is 98.7 Å². The zero-order valence-corrected chi connectivity index (χ0v) is 21.9. The second-order valence-electron chi connectivity index (χ2n) is 8.43. The Morgan fingerprint density at radius 1 is 1.05 bits per heavy atom. The number of aromatic carboxylic acids is 1. The number of aryl methyl sites for hydroxylation is 1. The monoisotopic (exact) mass is 564 g/mol. The molecule has 190 valence electrons. The van der Waals surface area contributed by atoms with Crippen LogP contribution in [0.25, 0.3) is 6.08 Å². The van der Waals surface area contributed by atoms with Gasteiger partial charge in [0.2, 0.25) is 0 Å². The van der Waals surface area contributed by atoms with Gasteiger partial charge in [-0.05, 0) is 76.8 Å². The third kappa shape index (κ3) is 6.18. The number of hydrogen-bond donors (Lipinski definition) is 2. The summed E-state index contributed by atoms with van der Waals surface area (Å²) < 4.78 is 12.3. The number of nitrogens with one attached hydrogen (secondary N) is 1. The molecule has 0 unspecified atom stereocenters. The van der Waals surface area contributed by atoms with Gasteiger partial charge in [0.15, 0.2) is 11.5 Å². The van der Waals surface area contributed by atoms with Gasteiger partial charge in [0.25, 0.3) is 5.91 Å². The molecule has 9 heteroatoms. The first-order chi connectivity index (χ1) is 17.7. The Balaban J connectivity index is 1.55. The summed E-state index contributed by atoms with van der Waals surface area (Å²) in [6.45, 7) is 4.46. The second-order valence-corrected chi connectivity index (χ2v) is 9.28. The van der Waals surface area contributed by atoms with E-state index in [-0.39, 0.29) is 24.4 Å². The Morgan fingerprint density at radius 2 is 1.81 bits per heavy atom. The maximum atomic E-state index is 13.0. The Kier molecular flexibility index (Phi) is 7.93. The topological polar surface area (TPSA) is 105 Å². The van der Waals surface area contributed by atoms with Gasteiger partial charge < -0.3 is 19.9 Å². The molecule has 1 saturated heterocycles. The number of ether oxygens (including phenoxy) is 2. The molecule has 37 heavy (non-hydrogen) atoms. The molecule has 1 heterocycles. The number of halogens is 1. The highest BCUT2D eigenvalue weighted by Gasteiger charge is 2.33. The molecule has 1 aliphatic heterocycles. The van der Waals surface area contributed by atoms with E-state index in [4.69, 9.17) is 9.47 Å². The van der Waals surface area contributed by atoms with Crippen molar-refractivity contribution in [2.45, 2.75) is 27.0 Å². The third-order valence-electron chi connectivity index (χ3n) is 5.59. The fourth-order valence-electron chi connectivity index (χ4n) is 3.90. The molecule has 4 rings (SSSR count). The van der Waals surface area contributed by atoms with E-state index >= 15 is 0 Å². The average molecular weight is 565 g/mol. The van der Waals surface area contributed by atoms with Gasteiger partial charge in [0, 0.05) is 0 Å². The van der Waals surface area contributed by atoms with Gasteiger partial charge in [-0.25, -0.2) is 9.59 Å². The van der Waals surface area contributed by atoms with E-state index in [9.17, 15) is 19.5 Å². The molecular weight excluding hydrogens is 540 g/mol. The maximum absolute atomic E-state index is 13.0.